The summed E-state index contributed by atoms with van der Waals surface area (Å²) in [5.74, 6) is -0.413. The Morgan fingerprint density at radius 3 is 1.95 bits per heavy atom. The van der Waals surface area contributed by atoms with Gasteiger partial charge in [0.2, 0.25) is 0 Å². The Morgan fingerprint density at radius 1 is 0.711 bits per heavy atom. The third kappa shape index (κ3) is 5.34. The number of thiocarbonyl (C=S) groups is 1. The van der Waals surface area contributed by atoms with E-state index >= 15 is 0 Å². The summed E-state index contributed by atoms with van der Waals surface area (Å²) in [5, 5.41) is 0.623. The van der Waals surface area contributed by atoms with Crippen molar-refractivity contribution in [2.75, 3.05) is 9.80 Å². The third-order valence-electron chi connectivity index (χ3n) is 5.86. The Labute approximate surface area is 235 Å². The van der Waals surface area contributed by atoms with Crippen LogP contribution < -0.4 is 14.5 Å². The maximum atomic E-state index is 13.7. The van der Waals surface area contributed by atoms with Gasteiger partial charge in [-0.1, -0.05) is 83.9 Å². The van der Waals surface area contributed by atoms with Crippen molar-refractivity contribution >= 4 is 69.8 Å². The molecule has 1 saturated heterocycles. The van der Waals surface area contributed by atoms with Crippen LogP contribution in [0.1, 0.15) is 11.1 Å². The van der Waals surface area contributed by atoms with E-state index in [1.54, 1.807) is 72.8 Å². The SMILES string of the molecule is O=C1C(=Cc2ccc(OCc3ccccc3)cc2)C(=O)N(c2ccc(Cl)c(Cl)c2)C(=S)N1c1ccccc1. The molecule has 8 heteroatoms. The molecule has 0 atom stereocenters. The van der Waals surface area contributed by atoms with Crippen molar-refractivity contribution in [2.45, 2.75) is 6.61 Å². The van der Waals surface area contributed by atoms with Crippen molar-refractivity contribution < 1.29 is 14.3 Å². The molecule has 0 saturated carbocycles. The first kappa shape index (κ1) is 25.7. The number of rotatable bonds is 6. The second-order valence-electron chi connectivity index (χ2n) is 8.40. The topological polar surface area (TPSA) is 49.9 Å². The lowest BCUT2D eigenvalue weighted by molar-refractivity contribution is -0.120. The quantitative estimate of drug-likeness (QED) is 0.141. The molecule has 1 fully saturated rings. The van der Waals surface area contributed by atoms with Crippen LogP contribution in [0.15, 0.2) is 109 Å². The second kappa shape index (κ2) is 11.2. The van der Waals surface area contributed by atoms with E-state index in [0.717, 1.165) is 5.56 Å². The molecule has 0 aliphatic carbocycles. The van der Waals surface area contributed by atoms with Gasteiger partial charge in [0, 0.05) is 0 Å². The number of carbonyl (C=O) groups is 2. The number of anilines is 2. The molecule has 0 spiro atoms. The molecule has 0 aromatic heterocycles. The molecule has 4 aromatic carbocycles. The van der Waals surface area contributed by atoms with Crippen LogP contribution in [0.3, 0.4) is 0 Å². The number of benzene rings is 4. The molecule has 0 N–H and O–H groups in total. The summed E-state index contributed by atoms with van der Waals surface area (Å²) >= 11 is 18.0. The van der Waals surface area contributed by atoms with Gasteiger partial charge < -0.3 is 4.74 Å². The van der Waals surface area contributed by atoms with Crippen LogP contribution >= 0.6 is 35.4 Å². The monoisotopic (exact) mass is 558 g/mol. The number of nitrogens with zero attached hydrogens (tertiary/aromatic N) is 2. The van der Waals surface area contributed by atoms with Gasteiger partial charge in [0.1, 0.15) is 17.9 Å². The van der Waals surface area contributed by atoms with E-state index in [4.69, 9.17) is 40.2 Å². The van der Waals surface area contributed by atoms with Gasteiger partial charge in [-0.15, -0.1) is 0 Å². The van der Waals surface area contributed by atoms with Crippen molar-refractivity contribution in [3.63, 3.8) is 0 Å². The average molecular weight is 559 g/mol. The van der Waals surface area contributed by atoms with Gasteiger partial charge >= 0.3 is 0 Å². The fraction of sp³-hybridized carbons (Fsp3) is 0.0333. The molecule has 5 nitrogen and oxygen atoms in total. The summed E-state index contributed by atoms with van der Waals surface area (Å²) in [5.41, 5.74) is 2.60. The van der Waals surface area contributed by atoms with Crippen LogP contribution in [0, 0.1) is 0 Å². The lowest BCUT2D eigenvalue weighted by atomic mass is 10.0. The number of hydrogen-bond donors (Lipinski definition) is 0. The Balaban J connectivity index is 1.48. The minimum Gasteiger partial charge on any atom is -0.489 e. The predicted octanol–water partition coefficient (Wildman–Crippen LogP) is 7.32. The lowest BCUT2D eigenvalue weighted by Crippen LogP contribution is -2.56. The summed E-state index contributed by atoms with van der Waals surface area (Å²) in [6.07, 6.45) is 1.55. The van der Waals surface area contributed by atoms with E-state index in [9.17, 15) is 9.59 Å². The molecule has 4 aromatic rings. The van der Waals surface area contributed by atoms with Gasteiger partial charge in [-0.05, 0) is 71.9 Å². The van der Waals surface area contributed by atoms with Crippen LogP contribution in [0.2, 0.25) is 10.0 Å². The number of ether oxygens (including phenoxy) is 1. The number of halogens is 2. The van der Waals surface area contributed by atoms with E-state index in [2.05, 4.69) is 0 Å². The standard InChI is InChI=1S/C30H20Cl2N2O3S/c31-26-16-13-23(18-27(26)32)34-29(36)25(28(35)33(30(34)38)22-9-5-2-6-10-22)17-20-11-14-24(15-12-20)37-19-21-7-3-1-4-8-21/h1-18H,19H2. The molecule has 188 valence electrons. The molecular weight excluding hydrogens is 539 g/mol. The molecule has 0 bridgehead atoms. The van der Waals surface area contributed by atoms with E-state index in [-0.39, 0.29) is 15.7 Å². The summed E-state index contributed by atoms with van der Waals surface area (Å²) in [6.45, 7) is 0.431. The second-order valence-corrected chi connectivity index (χ2v) is 9.58. The highest BCUT2D eigenvalue weighted by Crippen LogP contribution is 2.33. The van der Waals surface area contributed by atoms with Crippen LogP contribution in [0.25, 0.3) is 6.08 Å². The number of carbonyl (C=O) groups excluding carboxylic acids is 2. The highest BCUT2D eigenvalue weighted by Gasteiger charge is 2.41. The fourth-order valence-electron chi connectivity index (χ4n) is 3.95. The first-order valence-corrected chi connectivity index (χ1v) is 12.8. The first-order valence-electron chi connectivity index (χ1n) is 11.6. The van der Waals surface area contributed by atoms with E-state index in [1.807, 2.05) is 36.4 Å². The number of hydrogen-bond acceptors (Lipinski definition) is 4. The summed E-state index contributed by atoms with van der Waals surface area (Å²) < 4.78 is 5.85. The van der Waals surface area contributed by atoms with E-state index in [1.165, 1.54) is 9.80 Å². The number of amides is 2. The smallest absolute Gasteiger partial charge is 0.270 e. The highest BCUT2D eigenvalue weighted by molar-refractivity contribution is 7.81. The van der Waals surface area contributed by atoms with E-state index in [0.29, 0.717) is 34.3 Å². The zero-order valence-electron chi connectivity index (χ0n) is 19.9. The van der Waals surface area contributed by atoms with Gasteiger partial charge in [-0.2, -0.15) is 0 Å². The zero-order valence-corrected chi connectivity index (χ0v) is 22.2. The molecule has 1 aliphatic heterocycles. The summed E-state index contributed by atoms with van der Waals surface area (Å²) in [6, 6.07) is 30.7. The van der Waals surface area contributed by atoms with Crippen molar-refractivity contribution in [2.24, 2.45) is 0 Å². The van der Waals surface area contributed by atoms with Gasteiger partial charge in [-0.3, -0.25) is 19.4 Å². The molecular formula is C30H20Cl2N2O3S. The molecule has 0 unspecified atom stereocenters. The van der Waals surface area contributed by atoms with Gasteiger partial charge in [0.15, 0.2) is 5.11 Å². The predicted molar refractivity (Wildman–Crippen MR) is 156 cm³/mol. The molecule has 5 rings (SSSR count). The van der Waals surface area contributed by atoms with Crippen LogP contribution in [0.5, 0.6) is 5.75 Å². The van der Waals surface area contributed by atoms with Crippen LogP contribution in [0.4, 0.5) is 11.4 Å². The minimum absolute atomic E-state index is 0.0198. The van der Waals surface area contributed by atoms with Crippen molar-refractivity contribution in [1.82, 2.24) is 0 Å². The van der Waals surface area contributed by atoms with Crippen molar-refractivity contribution in [1.29, 1.82) is 0 Å². The maximum absolute atomic E-state index is 13.7. The van der Waals surface area contributed by atoms with Gasteiger partial charge in [-0.25, -0.2) is 0 Å². The number of para-hydroxylation sites is 1. The van der Waals surface area contributed by atoms with Crippen molar-refractivity contribution in [3.05, 3.63) is 130 Å². The minimum atomic E-state index is -0.560. The molecule has 1 heterocycles. The third-order valence-corrected chi connectivity index (χ3v) is 6.97. The molecule has 2 amide bonds. The molecule has 0 radical (unpaired) electrons. The summed E-state index contributed by atoms with van der Waals surface area (Å²) in [4.78, 5) is 29.9. The maximum Gasteiger partial charge on any atom is 0.270 e. The fourth-order valence-corrected chi connectivity index (χ4v) is 4.62. The first-order chi connectivity index (χ1) is 18.4. The Morgan fingerprint density at radius 2 is 1.32 bits per heavy atom. The van der Waals surface area contributed by atoms with E-state index < -0.39 is 11.8 Å². The molecule has 38 heavy (non-hydrogen) atoms. The summed E-state index contributed by atoms with van der Waals surface area (Å²) in [7, 11) is 0. The average Bonchev–Trinajstić information content (AvgIpc) is 2.94. The largest absolute Gasteiger partial charge is 0.489 e. The zero-order chi connectivity index (χ0) is 26.6. The normalized spacial score (nSPS) is 14.8. The lowest BCUT2D eigenvalue weighted by Gasteiger charge is -2.36. The van der Waals surface area contributed by atoms with Crippen molar-refractivity contribution in [3.8, 4) is 5.75 Å². The Hall–Kier alpha value is -3.97. The molecule has 1 aliphatic rings. The van der Waals surface area contributed by atoms with Gasteiger partial charge in [0.25, 0.3) is 11.8 Å². The Bertz CT molecular complexity index is 1540. The van der Waals surface area contributed by atoms with Crippen LogP contribution in [-0.4, -0.2) is 16.9 Å². The Kier molecular flexibility index (Phi) is 7.56. The van der Waals surface area contributed by atoms with Crippen LogP contribution in [-0.2, 0) is 16.2 Å². The van der Waals surface area contributed by atoms with Gasteiger partial charge in [0.05, 0.1) is 21.4 Å². The highest BCUT2D eigenvalue weighted by atomic mass is 35.5.